The first-order valence-electron chi connectivity index (χ1n) is 4.39. The predicted molar refractivity (Wildman–Crippen MR) is 42.7 cm³/mol. The Labute approximate surface area is 88.2 Å². The van der Waals surface area contributed by atoms with Gasteiger partial charge in [-0.25, -0.2) is 0 Å². The summed E-state index contributed by atoms with van der Waals surface area (Å²) in [6, 6.07) is 0. The smallest absolute Gasteiger partial charge is 0.390 e. The fourth-order valence-electron chi connectivity index (χ4n) is 0.762. The van der Waals surface area contributed by atoms with Crippen molar-refractivity contribution in [3.05, 3.63) is 0 Å². The van der Waals surface area contributed by atoms with Crippen molar-refractivity contribution in [3.8, 4) is 0 Å². The minimum atomic E-state index is -5.53. The third-order valence-electron chi connectivity index (χ3n) is 1.80. The van der Waals surface area contributed by atoms with Gasteiger partial charge in [0.2, 0.25) is 6.10 Å². The summed E-state index contributed by atoms with van der Waals surface area (Å²) in [5, 5.41) is 9.05. The molecule has 0 spiro atoms. The molecule has 0 rings (SSSR count). The molecule has 0 aromatic rings. The summed E-state index contributed by atoms with van der Waals surface area (Å²) in [6.45, 7) is 1.88. The van der Waals surface area contributed by atoms with Crippen LogP contribution in [0.1, 0.15) is 13.8 Å². The third kappa shape index (κ3) is 5.02. The Hall–Kier alpha value is -0.500. The summed E-state index contributed by atoms with van der Waals surface area (Å²) < 4.78 is 75.3. The molecule has 16 heavy (non-hydrogen) atoms. The monoisotopic (exact) mass is 254 g/mol. The molecule has 8 heteroatoms. The maximum absolute atomic E-state index is 11.9. The van der Waals surface area contributed by atoms with E-state index in [4.69, 9.17) is 5.11 Å². The zero-order valence-corrected chi connectivity index (χ0v) is 8.56. The molecule has 0 amide bonds. The number of rotatable bonds is 4. The molecule has 0 aromatic heterocycles. The molecule has 0 saturated heterocycles. The van der Waals surface area contributed by atoms with Gasteiger partial charge < -0.3 is 9.84 Å². The molecule has 1 N–H and O–H groups in total. The second-order valence-corrected chi connectivity index (χ2v) is 3.61. The zero-order valence-electron chi connectivity index (χ0n) is 8.56. The molecule has 1 atom stereocenters. The SMILES string of the molecule is CC(C)C(O)COC(C(F)(F)F)C(F)(F)F. The van der Waals surface area contributed by atoms with Crippen LogP contribution < -0.4 is 0 Å². The van der Waals surface area contributed by atoms with E-state index in [0.717, 1.165) is 0 Å². The van der Waals surface area contributed by atoms with Crippen molar-refractivity contribution in [1.82, 2.24) is 0 Å². The van der Waals surface area contributed by atoms with Crippen LogP contribution in [-0.2, 0) is 4.74 Å². The van der Waals surface area contributed by atoms with E-state index in [2.05, 4.69) is 4.74 Å². The second kappa shape index (κ2) is 5.22. The first kappa shape index (κ1) is 15.5. The highest BCUT2D eigenvalue weighted by atomic mass is 19.4. The molecule has 0 heterocycles. The van der Waals surface area contributed by atoms with Gasteiger partial charge in [-0.2, -0.15) is 26.3 Å². The highest BCUT2D eigenvalue weighted by molar-refractivity contribution is 4.76. The Morgan fingerprint density at radius 3 is 1.62 bits per heavy atom. The summed E-state index contributed by atoms with van der Waals surface area (Å²) in [5.74, 6) is -0.484. The van der Waals surface area contributed by atoms with E-state index in [-0.39, 0.29) is 0 Å². The number of hydrogen-bond donors (Lipinski definition) is 1. The Kier molecular flexibility index (Phi) is 5.06. The fourth-order valence-corrected chi connectivity index (χ4v) is 0.762. The van der Waals surface area contributed by atoms with Crippen molar-refractivity contribution in [2.24, 2.45) is 5.92 Å². The van der Waals surface area contributed by atoms with E-state index < -0.39 is 37.1 Å². The number of aliphatic hydroxyl groups excluding tert-OH is 1. The van der Waals surface area contributed by atoms with Crippen molar-refractivity contribution in [2.45, 2.75) is 38.4 Å². The molecular formula is C8H12F6O2. The molecule has 2 nitrogen and oxygen atoms in total. The van der Waals surface area contributed by atoms with Gasteiger partial charge >= 0.3 is 12.4 Å². The molecule has 0 radical (unpaired) electrons. The Bertz CT molecular complexity index is 196. The van der Waals surface area contributed by atoms with Crippen LogP contribution in [0.2, 0.25) is 0 Å². The van der Waals surface area contributed by atoms with Crippen LogP contribution in [0.4, 0.5) is 26.3 Å². The van der Waals surface area contributed by atoms with Crippen LogP contribution in [-0.4, -0.2) is 36.3 Å². The van der Waals surface area contributed by atoms with Crippen LogP contribution in [0.3, 0.4) is 0 Å². The molecule has 0 aromatic carbocycles. The normalized spacial score (nSPS) is 15.9. The highest BCUT2D eigenvalue weighted by Crippen LogP contribution is 2.35. The summed E-state index contributed by atoms with van der Waals surface area (Å²) in [5.41, 5.74) is 0. The molecule has 0 bridgehead atoms. The zero-order chi connectivity index (χ0) is 13.1. The second-order valence-electron chi connectivity index (χ2n) is 3.61. The lowest BCUT2D eigenvalue weighted by Gasteiger charge is -2.25. The highest BCUT2D eigenvalue weighted by Gasteiger charge is 2.58. The van der Waals surface area contributed by atoms with E-state index in [1.165, 1.54) is 13.8 Å². The van der Waals surface area contributed by atoms with Crippen LogP contribution in [0.25, 0.3) is 0 Å². The molecule has 0 aliphatic rings. The molecule has 0 aliphatic carbocycles. The van der Waals surface area contributed by atoms with Gasteiger partial charge in [-0.15, -0.1) is 0 Å². The fraction of sp³-hybridized carbons (Fsp3) is 1.00. The maximum atomic E-state index is 11.9. The molecule has 0 saturated carbocycles. The van der Waals surface area contributed by atoms with E-state index in [9.17, 15) is 26.3 Å². The van der Waals surface area contributed by atoms with Gasteiger partial charge in [-0.05, 0) is 5.92 Å². The van der Waals surface area contributed by atoms with Crippen molar-refractivity contribution < 1.29 is 36.2 Å². The number of hydrogen-bond acceptors (Lipinski definition) is 2. The quantitative estimate of drug-likeness (QED) is 0.781. The summed E-state index contributed by atoms with van der Waals surface area (Å²) in [7, 11) is 0. The lowest BCUT2D eigenvalue weighted by molar-refractivity contribution is -0.325. The van der Waals surface area contributed by atoms with Crippen LogP contribution in [0, 0.1) is 5.92 Å². The van der Waals surface area contributed by atoms with E-state index in [1.807, 2.05) is 0 Å². The van der Waals surface area contributed by atoms with Crippen molar-refractivity contribution in [3.63, 3.8) is 0 Å². The van der Waals surface area contributed by atoms with Crippen molar-refractivity contribution in [1.29, 1.82) is 0 Å². The van der Waals surface area contributed by atoms with Gasteiger partial charge in [0.25, 0.3) is 0 Å². The first-order chi connectivity index (χ1) is 6.96. The molecule has 1 unspecified atom stereocenters. The van der Waals surface area contributed by atoms with Gasteiger partial charge in [0, 0.05) is 0 Å². The average molecular weight is 254 g/mol. The van der Waals surface area contributed by atoms with Gasteiger partial charge in [0.15, 0.2) is 0 Å². The Balaban J connectivity index is 4.48. The molecular weight excluding hydrogens is 242 g/mol. The number of halogens is 6. The third-order valence-corrected chi connectivity index (χ3v) is 1.80. The van der Waals surface area contributed by atoms with Crippen LogP contribution in [0.5, 0.6) is 0 Å². The van der Waals surface area contributed by atoms with E-state index in [0.29, 0.717) is 0 Å². The van der Waals surface area contributed by atoms with Crippen LogP contribution >= 0.6 is 0 Å². The molecule has 0 aliphatic heterocycles. The first-order valence-corrected chi connectivity index (χ1v) is 4.39. The summed E-state index contributed by atoms with van der Waals surface area (Å²) in [4.78, 5) is 0. The number of ether oxygens (including phenoxy) is 1. The van der Waals surface area contributed by atoms with Crippen molar-refractivity contribution >= 4 is 0 Å². The van der Waals surface area contributed by atoms with Crippen LogP contribution in [0.15, 0.2) is 0 Å². The summed E-state index contributed by atoms with van der Waals surface area (Å²) >= 11 is 0. The van der Waals surface area contributed by atoms with Gasteiger partial charge in [0.05, 0.1) is 12.7 Å². The number of aliphatic hydroxyl groups is 1. The van der Waals surface area contributed by atoms with Gasteiger partial charge in [-0.3, -0.25) is 0 Å². The molecule has 98 valence electrons. The Morgan fingerprint density at radius 1 is 1.00 bits per heavy atom. The maximum Gasteiger partial charge on any atom is 0.423 e. The average Bonchev–Trinajstić information content (AvgIpc) is 1.98. The lowest BCUT2D eigenvalue weighted by Crippen LogP contribution is -2.45. The number of alkyl halides is 6. The minimum Gasteiger partial charge on any atom is -0.390 e. The van der Waals surface area contributed by atoms with Gasteiger partial charge in [-0.1, -0.05) is 13.8 Å². The van der Waals surface area contributed by atoms with E-state index in [1.54, 1.807) is 0 Å². The van der Waals surface area contributed by atoms with Crippen molar-refractivity contribution in [2.75, 3.05) is 6.61 Å². The predicted octanol–water partition coefficient (Wildman–Crippen LogP) is 2.51. The van der Waals surface area contributed by atoms with E-state index >= 15 is 0 Å². The largest absolute Gasteiger partial charge is 0.423 e. The van der Waals surface area contributed by atoms with Gasteiger partial charge in [0.1, 0.15) is 0 Å². The minimum absolute atomic E-state index is 0.484. The lowest BCUT2D eigenvalue weighted by atomic mass is 10.1. The summed E-state index contributed by atoms with van der Waals surface area (Å²) in [6.07, 6.45) is -16.3. The Morgan fingerprint density at radius 2 is 1.38 bits per heavy atom. The molecule has 0 fully saturated rings. The topological polar surface area (TPSA) is 29.5 Å². The standard InChI is InChI=1S/C8H12F6O2/c1-4(2)5(15)3-16-6(7(9,10)11)8(12,13)14/h4-6,15H,3H2,1-2H3.